The first-order valence-electron chi connectivity index (χ1n) is 9.39. The fraction of sp³-hybridized carbons (Fsp3) is 0.174. The minimum absolute atomic E-state index is 0.188. The highest BCUT2D eigenvalue weighted by Gasteiger charge is 2.16. The van der Waals surface area contributed by atoms with Gasteiger partial charge in [-0.2, -0.15) is 0 Å². The number of fused-ring (bicyclic) bond motifs is 1. The lowest BCUT2D eigenvalue weighted by molar-refractivity contribution is 0.102. The van der Waals surface area contributed by atoms with Crippen LogP contribution >= 0.6 is 0 Å². The van der Waals surface area contributed by atoms with E-state index in [1.165, 1.54) is 5.56 Å². The van der Waals surface area contributed by atoms with Gasteiger partial charge in [0.1, 0.15) is 5.75 Å². The zero-order chi connectivity index (χ0) is 20.1. The van der Waals surface area contributed by atoms with Crippen LogP contribution in [0.5, 0.6) is 17.2 Å². The Kier molecular flexibility index (Phi) is 5.52. The van der Waals surface area contributed by atoms with Gasteiger partial charge in [0, 0.05) is 23.5 Å². The van der Waals surface area contributed by atoms with E-state index in [1.54, 1.807) is 25.3 Å². The van der Waals surface area contributed by atoms with Gasteiger partial charge in [0.2, 0.25) is 6.79 Å². The molecule has 1 aliphatic rings. The van der Waals surface area contributed by atoms with Crippen LogP contribution in [0.2, 0.25) is 0 Å². The number of hydrogen-bond acceptors (Lipinski definition) is 5. The lowest BCUT2D eigenvalue weighted by atomic mass is 10.1. The largest absolute Gasteiger partial charge is 0.497 e. The summed E-state index contributed by atoms with van der Waals surface area (Å²) in [7, 11) is 1.66. The molecule has 4 rings (SSSR count). The second kappa shape index (κ2) is 8.56. The molecule has 0 bridgehead atoms. The summed E-state index contributed by atoms with van der Waals surface area (Å²) in [6.45, 7) is 1.00. The van der Waals surface area contributed by atoms with Crippen LogP contribution < -0.4 is 24.8 Å². The van der Waals surface area contributed by atoms with Gasteiger partial charge in [0.15, 0.2) is 11.5 Å². The number of anilines is 2. The predicted molar refractivity (Wildman–Crippen MR) is 112 cm³/mol. The molecule has 0 fully saturated rings. The first-order chi connectivity index (χ1) is 14.2. The molecule has 0 spiro atoms. The average molecular weight is 390 g/mol. The smallest absolute Gasteiger partial charge is 0.255 e. The second-order valence-electron chi connectivity index (χ2n) is 6.62. The molecule has 0 saturated heterocycles. The Bertz CT molecular complexity index is 985. The minimum atomic E-state index is -0.191. The van der Waals surface area contributed by atoms with E-state index >= 15 is 0 Å². The zero-order valence-electron chi connectivity index (χ0n) is 16.1. The summed E-state index contributed by atoms with van der Waals surface area (Å²) in [6, 6.07) is 20.9. The number of carbonyl (C=O) groups excluding carboxylic acids is 1. The standard InChI is InChI=1S/C23H22N2O4/c1-27-20-9-2-16(3-10-20)12-13-24-18-5-7-19(8-6-18)25-23(26)17-4-11-21-22(14-17)29-15-28-21/h2-11,14,24H,12-13,15H2,1H3,(H,25,26). The van der Waals surface area contributed by atoms with E-state index < -0.39 is 0 Å². The van der Waals surface area contributed by atoms with Crippen LogP contribution in [0.15, 0.2) is 66.7 Å². The van der Waals surface area contributed by atoms with Crippen molar-refractivity contribution in [2.45, 2.75) is 6.42 Å². The highest BCUT2D eigenvalue weighted by molar-refractivity contribution is 6.04. The number of ether oxygens (including phenoxy) is 3. The summed E-state index contributed by atoms with van der Waals surface area (Å²) in [5, 5.41) is 6.28. The van der Waals surface area contributed by atoms with Crippen molar-refractivity contribution in [1.29, 1.82) is 0 Å². The van der Waals surface area contributed by atoms with Crippen LogP contribution in [0.3, 0.4) is 0 Å². The monoisotopic (exact) mass is 390 g/mol. The summed E-state index contributed by atoms with van der Waals surface area (Å²) >= 11 is 0. The molecule has 1 heterocycles. The van der Waals surface area contributed by atoms with Crippen molar-refractivity contribution in [3.63, 3.8) is 0 Å². The summed E-state index contributed by atoms with van der Waals surface area (Å²) in [5.74, 6) is 1.92. The summed E-state index contributed by atoms with van der Waals surface area (Å²) in [4.78, 5) is 12.4. The van der Waals surface area contributed by atoms with Gasteiger partial charge in [-0.15, -0.1) is 0 Å². The molecule has 1 aliphatic heterocycles. The molecule has 3 aromatic rings. The van der Waals surface area contributed by atoms with Gasteiger partial charge in [-0.1, -0.05) is 12.1 Å². The van der Waals surface area contributed by atoms with Crippen LogP contribution in [0.1, 0.15) is 15.9 Å². The van der Waals surface area contributed by atoms with E-state index in [0.717, 1.165) is 30.1 Å². The Morgan fingerprint density at radius 3 is 2.41 bits per heavy atom. The maximum Gasteiger partial charge on any atom is 0.255 e. The molecule has 0 saturated carbocycles. The third-order valence-corrected chi connectivity index (χ3v) is 4.68. The van der Waals surface area contributed by atoms with Crippen molar-refractivity contribution >= 4 is 17.3 Å². The van der Waals surface area contributed by atoms with Gasteiger partial charge < -0.3 is 24.8 Å². The Labute approximate surface area is 169 Å². The summed E-state index contributed by atoms with van der Waals surface area (Å²) < 4.78 is 15.8. The van der Waals surface area contributed by atoms with Crippen molar-refractivity contribution in [3.8, 4) is 17.2 Å². The molecule has 6 heteroatoms. The van der Waals surface area contributed by atoms with Gasteiger partial charge in [-0.3, -0.25) is 4.79 Å². The van der Waals surface area contributed by atoms with E-state index in [-0.39, 0.29) is 12.7 Å². The van der Waals surface area contributed by atoms with Gasteiger partial charge in [-0.05, 0) is 66.6 Å². The number of amides is 1. The molecule has 2 N–H and O–H groups in total. The van der Waals surface area contributed by atoms with Crippen molar-refractivity contribution in [1.82, 2.24) is 0 Å². The van der Waals surface area contributed by atoms with E-state index in [1.807, 2.05) is 36.4 Å². The van der Waals surface area contributed by atoms with Gasteiger partial charge >= 0.3 is 0 Å². The van der Waals surface area contributed by atoms with Crippen molar-refractivity contribution < 1.29 is 19.0 Å². The van der Waals surface area contributed by atoms with Crippen LogP contribution in [0.25, 0.3) is 0 Å². The molecular weight excluding hydrogens is 368 g/mol. The molecule has 0 aromatic heterocycles. The fourth-order valence-electron chi connectivity index (χ4n) is 3.06. The average Bonchev–Trinajstić information content (AvgIpc) is 3.23. The molecule has 0 aliphatic carbocycles. The summed E-state index contributed by atoms with van der Waals surface area (Å²) in [5.41, 5.74) is 3.50. The molecular formula is C23H22N2O4. The van der Waals surface area contributed by atoms with Crippen LogP contribution in [-0.2, 0) is 6.42 Å². The third kappa shape index (κ3) is 4.60. The molecule has 148 valence electrons. The quantitative estimate of drug-likeness (QED) is 0.628. The number of benzene rings is 3. The SMILES string of the molecule is COc1ccc(CCNc2ccc(NC(=O)c3ccc4c(c3)OCO4)cc2)cc1. The second-order valence-corrected chi connectivity index (χ2v) is 6.62. The van der Waals surface area contributed by atoms with Crippen molar-refractivity contribution in [2.24, 2.45) is 0 Å². The maximum absolute atomic E-state index is 12.4. The van der Waals surface area contributed by atoms with Crippen LogP contribution in [0.4, 0.5) is 11.4 Å². The van der Waals surface area contributed by atoms with Crippen molar-refractivity contribution in [2.75, 3.05) is 31.1 Å². The molecule has 0 unspecified atom stereocenters. The number of rotatable bonds is 7. The number of carbonyl (C=O) groups is 1. The Morgan fingerprint density at radius 1 is 0.931 bits per heavy atom. The number of methoxy groups -OCH3 is 1. The summed E-state index contributed by atoms with van der Waals surface area (Å²) in [6.07, 6.45) is 0.909. The Balaban J connectivity index is 1.29. The predicted octanol–water partition coefficient (Wildman–Crippen LogP) is 4.33. The molecule has 0 atom stereocenters. The Hall–Kier alpha value is -3.67. The van der Waals surface area contributed by atoms with Gasteiger partial charge in [0.05, 0.1) is 7.11 Å². The fourth-order valence-corrected chi connectivity index (χ4v) is 3.06. The molecule has 29 heavy (non-hydrogen) atoms. The lowest BCUT2D eigenvalue weighted by Gasteiger charge is -2.09. The zero-order valence-corrected chi connectivity index (χ0v) is 16.1. The van der Waals surface area contributed by atoms with Crippen molar-refractivity contribution in [3.05, 3.63) is 77.9 Å². The van der Waals surface area contributed by atoms with E-state index in [2.05, 4.69) is 22.8 Å². The highest BCUT2D eigenvalue weighted by Crippen LogP contribution is 2.32. The first-order valence-corrected chi connectivity index (χ1v) is 9.39. The molecule has 3 aromatic carbocycles. The topological polar surface area (TPSA) is 68.8 Å². The first kappa shape index (κ1) is 18.7. The maximum atomic E-state index is 12.4. The third-order valence-electron chi connectivity index (χ3n) is 4.68. The molecule has 6 nitrogen and oxygen atoms in total. The minimum Gasteiger partial charge on any atom is -0.497 e. The number of hydrogen-bond donors (Lipinski definition) is 2. The molecule has 0 radical (unpaired) electrons. The normalized spacial score (nSPS) is 11.8. The molecule has 1 amide bonds. The number of nitrogens with one attached hydrogen (secondary N) is 2. The van der Waals surface area contributed by atoms with Gasteiger partial charge in [-0.25, -0.2) is 0 Å². The highest BCUT2D eigenvalue weighted by atomic mass is 16.7. The van der Waals surface area contributed by atoms with E-state index in [0.29, 0.717) is 17.1 Å². The van der Waals surface area contributed by atoms with Crippen LogP contribution in [0, 0.1) is 0 Å². The van der Waals surface area contributed by atoms with Crippen LogP contribution in [-0.4, -0.2) is 26.4 Å². The Morgan fingerprint density at radius 2 is 1.66 bits per heavy atom. The van der Waals surface area contributed by atoms with Gasteiger partial charge in [0.25, 0.3) is 5.91 Å². The van der Waals surface area contributed by atoms with E-state index in [9.17, 15) is 4.79 Å². The van der Waals surface area contributed by atoms with E-state index in [4.69, 9.17) is 14.2 Å². The lowest BCUT2D eigenvalue weighted by Crippen LogP contribution is -2.12.